The predicted octanol–water partition coefficient (Wildman–Crippen LogP) is 4.84. The largest absolute Gasteiger partial charge is 0.390 e. The molecule has 366 valence electrons. The second kappa shape index (κ2) is 25.1. The maximum absolute atomic E-state index is 13.7. The SMILES string of the molecule is COCOC[C@H](OS(=O)(=O)c1ccc(C)cc1)[C@H](CC[C@@H](O)[C@H](O)CC[C@H](OS(=O)(=O)c1ccc(C)cc1)[C@H](COCOC)OS(=O)(=O)c1ccc(C)cc1)OS(=O)(=O)c1ccc(C)cc1. The zero-order valence-electron chi connectivity index (χ0n) is 37.4. The van der Waals surface area contributed by atoms with Gasteiger partial charge in [-0.25, -0.2) is 0 Å². The zero-order chi connectivity index (χ0) is 48.7. The number of hydrogen-bond donors (Lipinski definition) is 2. The highest BCUT2D eigenvalue weighted by molar-refractivity contribution is 7.87. The Hall–Kier alpha value is -3.72. The molecule has 0 heterocycles. The minimum absolute atomic E-state index is 0.247. The third-order valence-electron chi connectivity index (χ3n) is 9.97. The van der Waals surface area contributed by atoms with Crippen LogP contribution in [0.1, 0.15) is 47.9 Å². The summed E-state index contributed by atoms with van der Waals surface area (Å²) in [5, 5.41) is 22.7. The first kappa shape index (κ1) is 54.9. The molecule has 0 aliphatic heterocycles. The fourth-order valence-corrected chi connectivity index (χ4v) is 10.7. The average Bonchev–Trinajstić information content (AvgIpc) is 3.26. The van der Waals surface area contributed by atoms with Gasteiger partial charge in [0.1, 0.15) is 38.0 Å². The van der Waals surface area contributed by atoms with Gasteiger partial charge in [-0.15, -0.1) is 0 Å². The summed E-state index contributed by atoms with van der Waals surface area (Å²) in [5.74, 6) is 0. The molecule has 6 atom stereocenters. The molecular weight excluding hydrogens is 945 g/mol. The molecule has 66 heavy (non-hydrogen) atoms. The van der Waals surface area contributed by atoms with Crippen LogP contribution in [0.3, 0.4) is 0 Å². The third kappa shape index (κ3) is 16.8. The lowest BCUT2D eigenvalue weighted by Gasteiger charge is -2.29. The summed E-state index contributed by atoms with van der Waals surface area (Å²) >= 11 is 0. The molecule has 22 heteroatoms. The van der Waals surface area contributed by atoms with Gasteiger partial charge >= 0.3 is 0 Å². The van der Waals surface area contributed by atoms with Gasteiger partial charge in [0, 0.05) is 14.2 Å². The number of ether oxygens (including phenoxy) is 4. The van der Waals surface area contributed by atoms with E-state index in [1.165, 1.54) is 111 Å². The van der Waals surface area contributed by atoms with Crippen LogP contribution in [-0.2, 0) is 76.2 Å². The molecule has 0 bridgehead atoms. The van der Waals surface area contributed by atoms with Crippen LogP contribution < -0.4 is 0 Å². The van der Waals surface area contributed by atoms with Crippen molar-refractivity contribution in [1.82, 2.24) is 0 Å². The third-order valence-corrected chi connectivity index (χ3v) is 15.4. The number of aryl methyl sites for hydroxylation is 4. The normalized spacial score (nSPS) is 15.5. The Balaban J connectivity index is 1.64. The average molecular weight is 1000 g/mol. The maximum atomic E-state index is 13.7. The lowest BCUT2D eigenvalue weighted by Crippen LogP contribution is -2.41. The topological polar surface area (TPSA) is 251 Å². The second-order valence-electron chi connectivity index (χ2n) is 15.5. The van der Waals surface area contributed by atoms with E-state index in [1.807, 2.05) is 0 Å². The predicted molar refractivity (Wildman–Crippen MR) is 239 cm³/mol. The van der Waals surface area contributed by atoms with E-state index < -0.39 is 116 Å². The standard InChI is InChI=1S/C44H58O18S4/c1-31-7-15-35(16-8-31)63(47,48)59-41(43(27-57-29-55-5)61-65(51,52)37-19-11-33(3)12-20-37)25-23-39(45)40(46)24-26-42(60-64(49,50)36-17-9-32(2)10-18-36)44(28-58-30-56-6)62-66(53,54)38-21-13-34(4)14-22-38/h7-22,39-46H,23-30H2,1-6H3/t39-,40-,41+,42+,43+,44+/m1/s1. The first-order valence-electron chi connectivity index (χ1n) is 20.6. The van der Waals surface area contributed by atoms with Crippen molar-refractivity contribution in [2.75, 3.05) is 41.0 Å². The number of aliphatic hydroxyl groups excluding tert-OH is 2. The lowest BCUT2D eigenvalue weighted by molar-refractivity contribution is -0.0814. The molecule has 4 aromatic carbocycles. The Morgan fingerprint density at radius 3 is 0.833 bits per heavy atom. The summed E-state index contributed by atoms with van der Waals surface area (Å²) in [6.45, 7) is 5.15. The van der Waals surface area contributed by atoms with Crippen LogP contribution in [0.15, 0.2) is 117 Å². The van der Waals surface area contributed by atoms with Gasteiger partial charge in [-0.1, -0.05) is 70.8 Å². The summed E-state index contributed by atoms with van der Waals surface area (Å²) < 4.78 is 152. The van der Waals surface area contributed by atoms with E-state index in [0.29, 0.717) is 0 Å². The van der Waals surface area contributed by atoms with Crippen molar-refractivity contribution in [1.29, 1.82) is 0 Å². The Morgan fingerprint density at radius 1 is 0.379 bits per heavy atom. The van der Waals surface area contributed by atoms with Crippen LogP contribution in [0.5, 0.6) is 0 Å². The van der Waals surface area contributed by atoms with Gasteiger partial charge < -0.3 is 29.2 Å². The van der Waals surface area contributed by atoms with Crippen LogP contribution in [0.2, 0.25) is 0 Å². The van der Waals surface area contributed by atoms with Crippen LogP contribution >= 0.6 is 0 Å². The summed E-state index contributed by atoms with van der Waals surface area (Å²) in [4.78, 5) is -1.02. The molecule has 0 radical (unpaired) electrons. The molecule has 4 rings (SSSR count). The molecule has 0 aliphatic rings. The van der Waals surface area contributed by atoms with Crippen molar-refractivity contribution in [3.05, 3.63) is 119 Å². The lowest BCUT2D eigenvalue weighted by atomic mass is 9.98. The van der Waals surface area contributed by atoms with E-state index in [2.05, 4.69) is 0 Å². The first-order chi connectivity index (χ1) is 31.1. The maximum Gasteiger partial charge on any atom is 0.297 e. The molecule has 0 saturated heterocycles. The molecule has 0 aliphatic carbocycles. The molecular formula is C44H58O18S4. The number of aliphatic hydroxyl groups is 2. The van der Waals surface area contributed by atoms with E-state index in [9.17, 15) is 43.9 Å². The van der Waals surface area contributed by atoms with E-state index in [-0.39, 0.29) is 33.2 Å². The molecule has 0 unspecified atom stereocenters. The van der Waals surface area contributed by atoms with E-state index in [0.717, 1.165) is 22.3 Å². The number of benzene rings is 4. The molecule has 0 aromatic heterocycles. The van der Waals surface area contributed by atoms with Crippen molar-refractivity contribution in [3.63, 3.8) is 0 Å². The highest BCUT2D eigenvalue weighted by atomic mass is 32.2. The summed E-state index contributed by atoms with van der Waals surface area (Å²) in [7, 11) is -15.8. The summed E-state index contributed by atoms with van der Waals surface area (Å²) in [5.41, 5.74) is 3.00. The highest BCUT2D eigenvalue weighted by Crippen LogP contribution is 2.28. The highest BCUT2D eigenvalue weighted by Gasteiger charge is 2.37. The van der Waals surface area contributed by atoms with Gasteiger partial charge in [-0.3, -0.25) is 16.7 Å². The number of rotatable bonds is 29. The van der Waals surface area contributed by atoms with E-state index in [4.69, 9.17) is 35.7 Å². The molecule has 0 amide bonds. The van der Waals surface area contributed by atoms with Crippen molar-refractivity contribution in [2.24, 2.45) is 0 Å². The van der Waals surface area contributed by atoms with Gasteiger partial charge in [-0.05, 0) is 102 Å². The smallest absolute Gasteiger partial charge is 0.297 e. The summed E-state index contributed by atoms with van der Waals surface area (Å²) in [6, 6.07) is 22.7. The van der Waals surface area contributed by atoms with Crippen molar-refractivity contribution in [3.8, 4) is 0 Å². The van der Waals surface area contributed by atoms with Crippen LogP contribution in [0.25, 0.3) is 0 Å². The fraction of sp³-hybridized carbons (Fsp3) is 0.455. The second-order valence-corrected chi connectivity index (χ2v) is 21.7. The van der Waals surface area contributed by atoms with Crippen molar-refractivity contribution >= 4 is 40.5 Å². The number of hydrogen-bond acceptors (Lipinski definition) is 18. The molecule has 0 fully saturated rings. The van der Waals surface area contributed by atoms with Gasteiger partial charge in [0.05, 0.1) is 45.0 Å². The Kier molecular flexibility index (Phi) is 20.8. The molecule has 0 saturated carbocycles. The molecule has 0 spiro atoms. The Morgan fingerprint density at radius 2 is 0.606 bits per heavy atom. The summed E-state index contributed by atoms with van der Waals surface area (Å²) in [6.07, 6.45) is -11.9. The van der Waals surface area contributed by atoms with Gasteiger partial charge in [-0.2, -0.15) is 33.7 Å². The molecule has 4 aromatic rings. The van der Waals surface area contributed by atoms with Gasteiger partial charge in [0.2, 0.25) is 0 Å². The van der Waals surface area contributed by atoms with Gasteiger partial charge in [0.15, 0.2) is 0 Å². The van der Waals surface area contributed by atoms with Crippen LogP contribution in [0.4, 0.5) is 0 Å². The van der Waals surface area contributed by atoms with Crippen molar-refractivity contribution < 1.29 is 79.6 Å². The Bertz CT molecular complexity index is 2370. The van der Waals surface area contributed by atoms with Crippen LogP contribution in [0, 0.1) is 27.7 Å². The quantitative estimate of drug-likeness (QED) is 0.0419. The van der Waals surface area contributed by atoms with Crippen LogP contribution in [-0.4, -0.2) is 122 Å². The van der Waals surface area contributed by atoms with E-state index >= 15 is 0 Å². The minimum atomic E-state index is -4.63. The number of methoxy groups -OCH3 is 2. The first-order valence-corrected chi connectivity index (χ1v) is 26.2. The monoisotopic (exact) mass is 1000 g/mol. The zero-order valence-corrected chi connectivity index (χ0v) is 40.7. The molecule has 18 nitrogen and oxygen atoms in total. The van der Waals surface area contributed by atoms with Crippen molar-refractivity contribution in [2.45, 2.75) is 110 Å². The Labute approximate surface area is 388 Å². The van der Waals surface area contributed by atoms with Gasteiger partial charge in [0.25, 0.3) is 40.5 Å². The minimum Gasteiger partial charge on any atom is -0.390 e. The van der Waals surface area contributed by atoms with E-state index in [1.54, 1.807) is 27.7 Å². The molecule has 2 N–H and O–H groups in total. The fourth-order valence-electron chi connectivity index (χ4n) is 6.23.